The summed E-state index contributed by atoms with van der Waals surface area (Å²) in [6, 6.07) is 5.01. The molecule has 0 unspecified atom stereocenters. The zero-order chi connectivity index (χ0) is 21.2. The number of hydrogen-bond acceptors (Lipinski definition) is 6. The summed E-state index contributed by atoms with van der Waals surface area (Å²) in [6.45, 7) is 4.16. The Hall–Kier alpha value is -2.36. The first-order chi connectivity index (χ1) is 13.7. The van der Waals surface area contributed by atoms with Crippen molar-refractivity contribution in [2.24, 2.45) is 5.92 Å². The van der Waals surface area contributed by atoms with Gasteiger partial charge in [-0.3, -0.25) is 9.20 Å². The summed E-state index contributed by atoms with van der Waals surface area (Å²) < 4.78 is 46.3. The van der Waals surface area contributed by atoms with Gasteiger partial charge in [0.05, 0.1) is 18.1 Å². The average molecular weight is 426 g/mol. The van der Waals surface area contributed by atoms with Crippen molar-refractivity contribution in [3.05, 3.63) is 29.6 Å². The Labute approximate surface area is 169 Å². The van der Waals surface area contributed by atoms with E-state index in [4.69, 9.17) is 0 Å². The Morgan fingerprint density at radius 2 is 2.03 bits per heavy atom. The van der Waals surface area contributed by atoms with Crippen LogP contribution in [0.2, 0.25) is 0 Å². The number of ether oxygens (including phenoxy) is 1. The van der Waals surface area contributed by atoms with Crippen LogP contribution in [0.4, 0.5) is 13.2 Å². The van der Waals surface area contributed by atoms with Crippen LogP contribution in [0, 0.1) is 5.92 Å². The number of halogens is 3. The van der Waals surface area contributed by atoms with E-state index in [1.54, 1.807) is 18.2 Å². The van der Waals surface area contributed by atoms with Crippen LogP contribution in [0.1, 0.15) is 38.1 Å². The van der Waals surface area contributed by atoms with Gasteiger partial charge in [-0.05, 0) is 42.2 Å². The van der Waals surface area contributed by atoms with Crippen LogP contribution in [0.15, 0.2) is 23.2 Å². The molecule has 2 aromatic heterocycles. The molecule has 6 nitrogen and oxygen atoms in total. The summed E-state index contributed by atoms with van der Waals surface area (Å²) in [4.78, 5) is 15.9. The van der Waals surface area contributed by atoms with E-state index in [2.05, 4.69) is 33.8 Å². The number of nitrogens with zero attached hydrogens (tertiary/aromatic N) is 4. The number of benzene rings is 1. The minimum atomic E-state index is -4.66. The molecule has 1 aromatic carbocycles. The number of aromatic nitrogens is 4. The third-order valence-corrected chi connectivity index (χ3v) is 5.38. The highest BCUT2D eigenvalue weighted by atomic mass is 32.2. The summed E-state index contributed by atoms with van der Waals surface area (Å²) in [7, 11) is 1.29. The maximum absolute atomic E-state index is 13.6. The maximum atomic E-state index is 13.6. The van der Waals surface area contributed by atoms with Gasteiger partial charge in [-0.2, -0.15) is 13.2 Å². The van der Waals surface area contributed by atoms with Gasteiger partial charge in [0.15, 0.2) is 5.65 Å². The van der Waals surface area contributed by atoms with Gasteiger partial charge in [-0.15, -0.1) is 22.0 Å². The smallest absolute Gasteiger partial charge is 0.452 e. The molecule has 0 saturated carbocycles. The number of rotatable bonds is 7. The number of carbonyl (C=O) groups is 1. The van der Waals surface area contributed by atoms with Gasteiger partial charge in [-0.25, -0.2) is 4.98 Å². The number of esters is 1. The average Bonchev–Trinajstić information content (AvgIpc) is 3.12. The van der Waals surface area contributed by atoms with Crippen LogP contribution in [0.3, 0.4) is 0 Å². The predicted molar refractivity (Wildman–Crippen MR) is 104 cm³/mol. The molecule has 0 spiro atoms. The molecule has 0 amide bonds. The standard InChI is InChI=1S/C19H21F3N4O2S/c1-11(2)8-9-29-17-16-24-25-18(19(20,21)22)26(16)14-10-12(4-6-13(14)23-17)5-7-15(27)28-3/h4,6,10-11H,5,7-9H2,1-3H3. The minimum absolute atomic E-state index is 0.0868. The Bertz CT molecular complexity index is 1030. The third-order valence-electron chi connectivity index (χ3n) is 4.39. The van der Waals surface area contributed by atoms with E-state index < -0.39 is 12.0 Å². The van der Waals surface area contributed by atoms with E-state index in [0.717, 1.165) is 16.6 Å². The first kappa shape index (κ1) is 21.4. The Morgan fingerprint density at radius 1 is 1.28 bits per heavy atom. The maximum Gasteiger partial charge on any atom is 0.452 e. The summed E-state index contributed by atoms with van der Waals surface area (Å²) >= 11 is 1.38. The molecule has 0 saturated heterocycles. The second kappa shape index (κ2) is 8.56. The predicted octanol–water partition coefficient (Wildman–Crippen LogP) is 4.54. The molecule has 29 heavy (non-hydrogen) atoms. The van der Waals surface area contributed by atoms with Crippen LogP contribution < -0.4 is 0 Å². The van der Waals surface area contributed by atoms with E-state index in [0.29, 0.717) is 28.4 Å². The fourth-order valence-corrected chi connectivity index (χ4v) is 4.04. The monoisotopic (exact) mass is 426 g/mol. The lowest BCUT2D eigenvalue weighted by atomic mass is 10.1. The second-order valence-electron chi connectivity index (χ2n) is 7.03. The molecule has 3 aromatic rings. The van der Waals surface area contributed by atoms with Crippen molar-refractivity contribution in [2.45, 2.75) is 44.3 Å². The zero-order valence-electron chi connectivity index (χ0n) is 16.3. The molecule has 0 bridgehead atoms. The van der Waals surface area contributed by atoms with Gasteiger partial charge >= 0.3 is 12.1 Å². The van der Waals surface area contributed by atoms with E-state index in [-0.39, 0.29) is 23.6 Å². The molecule has 0 N–H and O–H groups in total. The Kier molecular flexibility index (Phi) is 6.30. The summed E-state index contributed by atoms with van der Waals surface area (Å²) in [5.41, 5.74) is 1.46. The molecule has 10 heteroatoms. The van der Waals surface area contributed by atoms with Crippen LogP contribution in [-0.4, -0.2) is 38.4 Å². The lowest BCUT2D eigenvalue weighted by Crippen LogP contribution is -2.12. The van der Waals surface area contributed by atoms with Gasteiger partial charge in [-0.1, -0.05) is 19.9 Å². The van der Waals surface area contributed by atoms with E-state index in [1.165, 1.54) is 18.9 Å². The molecule has 2 heterocycles. The molecule has 0 aliphatic heterocycles. The SMILES string of the molecule is COC(=O)CCc1ccc2nc(SCCC(C)C)c3nnc(C(F)(F)F)n3c2c1. The minimum Gasteiger partial charge on any atom is -0.469 e. The van der Waals surface area contributed by atoms with Crippen molar-refractivity contribution in [3.63, 3.8) is 0 Å². The molecule has 0 radical (unpaired) electrons. The van der Waals surface area contributed by atoms with Gasteiger partial charge in [0.25, 0.3) is 0 Å². The molecule has 0 fully saturated rings. The van der Waals surface area contributed by atoms with Gasteiger partial charge < -0.3 is 4.74 Å². The number of methoxy groups -OCH3 is 1. The first-order valence-corrected chi connectivity index (χ1v) is 10.1. The fourth-order valence-electron chi connectivity index (χ4n) is 2.83. The van der Waals surface area contributed by atoms with Gasteiger partial charge in [0.2, 0.25) is 5.82 Å². The van der Waals surface area contributed by atoms with E-state index in [9.17, 15) is 18.0 Å². The van der Waals surface area contributed by atoms with Crippen molar-refractivity contribution in [3.8, 4) is 0 Å². The molecule has 156 valence electrons. The van der Waals surface area contributed by atoms with Crippen molar-refractivity contribution in [2.75, 3.05) is 12.9 Å². The summed E-state index contributed by atoms with van der Waals surface area (Å²) in [5.74, 6) is -0.279. The topological polar surface area (TPSA) is 69.4 Å². The zero-order valence-corrected chi connectivity index (χ0v) is 17.1. The first-order valence-electron chi connectivity index (χ1n) is 9.15. The van der Waals surface area contributed by atoms with Crippen LogP contribution in [0.25, 0.3) is 16.7 Å². The number of alkyl halides is 3. The number of thioether (sulfide) groups is 1. The quantitative estimate of drug-likeness (QED) is 0.408. The van der Waals surface area contributed by atoms with Gasteiger partial charge in [0, 0.05) is 6.42 Å². The Morgan fingerprint density at radius 3 is 2.69 bits per heavy atom. The molecular weight excluding hydrogens is 405 g/mol. The fraction of sp³-hybridized carbons (Fsp3) is 0.474. The Balaban J connectivity index is 2.11. The molecule has 0 aliphatic carbocycles. The highest BCUT2D eigenvalue weighted by molar-refractivity contribution is 7.99. The number of aryl methyl sites for hydroxylation is 1. The van der Waals surface area contributed by atoms with Crippen molar-refractivity contribution in [1.29, 1.82) is 0 Å². The van der Waals surface area contributed by atoms with Crippen LogP contribution in [0.5, 0.6) is 0 Å². The lowest BCUT2D eigenvalue weighted by molar-refractivity contribution is -0.145. The van der Waals surface area contributed by atoms with Gasteiger partial charge in [0.1, 0.15) is 5.03 Å². The highest BCUT2D eigenvalue weighted by Crippen LogP contribution is 2.33. The van der Waals surface area contributed by atoms with Crippen molar-refractivity contribution in [1.82, 2.24) is 19.6 Å². The lowest BCUT2D eigenvalue weighted by Gasteiger charge is -2.11. The number of hydrogen-bond donors (Lipinski definition) is 0. The number of carbonyl (C=O) groups excluding carboxylic acids is 1. The molecule has 0 atom stereocenters. The third kappa shape index (κ3) is 4.80. The highest BCUT2D eigenvalue weighted by Gasteiger charge is 2.38. The van der Waals surface area contributed by atoms with Crippen LogP contribution >= 0.6 is 11.8 Å². The number of fused-ring (bicyclic) bond motifs is 3. The van der Waals surface area contributed by atoms with Crippen molar-refractivity contribution >= 4 is 34.4 Å². The summed E-state index contributed by atoms with van der Waals surface area (Å²) in [6.07, 6.45) is -3.27. The van der Waals surface area contributed by atoms with E-state index in [1.807, 2.05) is 0 Å². The summed E-state index contributed by atoms with van der Waals surface area (Å²) in [5, 5.41) is 7.60. The van der Waals surface area contributed by atoms with Crippen molar-refractivity contribution < 1.29 is 22.7 Å². The molecule has 3 rings (SSSR count). The molecule has 0 aliphatic rings. The molecular formula is C19H21F3N4O2S. The van der Waals surface area contributed by atoms with E-state index >= 15 is 0 Å². The normalized spacial score (nSPS) is 12.2. The van der Waals surface area contributed by atoms with Crippen LogP contribution in [-0.2, 0) is 22.1 Å². The largest absolute Gasteiger partial charge is 0.469 e. The second-order valence-corrected chi connectivity index (χ2v) is 8.11.